The van der Waals surface area contributed by atoms with Gasteiger partial charge in [-0.05, 0) is 80.5 Å². The lowest BCUT2D eigenvalue weighted by Gasteiger charge is -2.31. The van der Waals surface area contributed by atoms with E-state index in [-0.39, 0.29) is 23.6 Å². The van der Waals surface area contributed by atoms with Crippen LogP contribution < -0.4 is 5.32 Å². The molecule has 33 heavy (non-hydrogen) atoms. The number of aryl methyl sites for hydroxylation is 3. The molecule has 5 nitrogen and oxygen atoms in total. The van der Waals surface area contributed by atoms with E-state index in [2.05, 4.69) is 23.5 Å². The zero-order valence-corrected chi connectivity index (χ0v) is 20.4. The van der Waals surface area contributed by atoms with E-state index in [0.29, 0.717) is 32.4 Å². The van der Waals surface area contributed by atoms with E-state index in [4.69, 9.17) is 0 Å². The lowest BCUT2D eigenvalue weighted by atomic mass is 9.89. The normalized spacial score (nSPS) is 18.5. The predicted molar refractivity (Wildman–Crippen MR) is 132 cm³/mol. The van der Waals surface area contributed by atoms with Crippen LogP contribution >= 0.6 is 0 Å². The number of carbonyl (C=O) groups is 1. The number of benzene rings is 2. The Hall–Kier alpha value is -2.18. The molecule has 1 saturated heterocycles. The quantitative estimate of drug-likeness (QED) is 0.624. The van der Waals surface area contributed by atoms with Gasteiger partial charge in [0.1, 0.15) is 0 Å². The summed E-state index contributed by atoms with van der Waals surface area (Å²) < 4.78 is 27.1. The first-order chi connectivity index (χ1) is 15.9. The molecule has 0 spiro atoms. The summed E-state index contributed by atoms with van der Waals surface area (Å²) in [6.07, 6.45) is 7.34. The molecule has 1 heterocycles. The fraction of sp³-hybridized carbons (Fsp3) is 0.519. The van der Waals surface area contributed by atoms with Crippen molar-refractivity contribution in [1.29, 1.82) is 0 Å². The number of carbonyl (C=O) groups excluding carboxylic acids is 1. The van der Waals surface area contributed by atoms with Gasteiger partial charge in [-0.15, -0.1) is 0 Å². The first-order valence-corrected chi connectivity index (χ1v) is 14.0. The van der Waals surface area contributed by atoms with Crippen LogP contribution in [0.5, 0.6) is 0 Å². The van der Waals surface area contributed by atoms with Gasteiger partial charge in [0, 0.05) is 19.0 Å². The molecule has 178 valence electrons. The Bertz CT molecular complexity index is 1040. The highest BCUT2D eigenvalue weighted by molar-refractivity contribution is 7.89. The van der Waals surface area contributed by atoms with Gasteiger partial charge in [0.25, 0.3) is 0 Å². The molecule has 1 atom stereocenters. The highest BCUT2D eigenvalue weighted by Crippen LogP contribution is 2.26. The lowest BCUT2D eigenvalue weighted by molar-refractivity contribution is -0.126. The van der Waals surface area contributed by atoms with E-state index < -0.39 is 10.0 Å². The second kappa shape index (κ2) is 10.8. The van der Waals surface area contributed by atoms with Crippen LogP contribution in [0.25, 0.3) is 0 Å². The van der Waals surface area contributed by atoms with Crippen molar-refractivity contribution in [1.82, 2.24) is 9.62 Å². The SMILES string of the molecule is C[C@@H](NC(=O)C1CCN(S(=O)(=O)CCCc2ccccc2)CC1)c1ccc2c(c1)CCCC2. The van der Waals surface area contributed by atoms with E-state index in [1.165, 1.54) is 24.0 Å². The van der Waals surface area contributed by atoms with Crippen molar-refractivity contribution >= 4 is 15.9 Å². The molecule has 0 saturated carbocycles. The van der Waals surface area contributed by atoms with E-state index in [1.54, 1.807) is 4.31 Å². The number of piperidine rings is 1. The van der Waals surface area contributed by atoms with Gasteiger partial charge in [-0.3, -0.25) is 4.79 Å². The first kappa shape index (κ1) is 24.0. The van der Waals surface area contributed by atoms with Gasteiger partial charge in [0.05, 0.1) is 11.8 Å². The number of nitrogens with zero attached hydrogens (tertiary/aromatic N) is 1. The molecule has 2 aromatic rings. The van der Waals surface area contributed by atoms with Crippen LogP contribution in [0.3, 0.4) is 0 Å². The summed E-state index contributed by atoms with van der Waals surface area (Å²) in [7, 11) is -3.28. The predicted octanol–water partition coefficient (Wildman–Crippen LogP) is 4.42. The molecule has 1 amide bonds. The van der Waals surface area contributed by atoms with Crippen molar-refractivity contribution in [2.45, 2.75) is 64.3 Å². The van der Waals surface area contributed by atoms with Gasteiger partial charge in [-0.1, -0.05) is 48.5 Å². The Balaban J connectivity index is 1.24. The Morgan fingerprint density at radius 1 is 1.03 bits per heavy atom. The number of fused-ring (bicyclic) bond motifs is 1. The van der Waals surface area contributed by atoms with Crippen LogP contribution in [0, 0.1) is 5.92 Å². The van der Waals surface area contributed by atoms with Crippen LogP contribution in [-0.4, -0.2) is 37.5 Å². The van der Waals surface area contributed by atoms with Crippen LogP contribution in [0.1, 0.15) is 67.3 Å². The maximum atomic E-state index is 12.9. The Kier molecular flexibility index (Phi) is 7.86. The van der Waals surface area contributed by atoms with Gasteiger partial charge in [-0.25, -0.2) is 12.7 Å². The largest absolute Gasteiger partial charge is 0.349 e. The highest BCUT2D eigenvalue weighted by atomic mass is 32.2. The van der Waals surface area contributed by atoms with Crippen molar-refractivity contribution in [3.63, 3.8) is 0 Å². The second-order valence-electron chi connectivity index (χ2n) is 9.54. The Morgan fingerprint density at radius 2 is 1.73 bits per heavy atom. The average Bonchev–Trinajstić information content (AvgIpc) is 2.84. The van der Waals surface area contributed by atoms with Crippen molar-refractivity contribution in [2.24, 2.45) is 5.92 Å². The van der Waals surface area contributed by atoms with Crippen LogP contribution in [0.2, 0.25) is 0 Å². The minimum atomic E-state index is -3.28. The zero-order valence-electron chi connectivity index (χ0n) is 19.6. The maximum absolute atomic E-state index is 12.9. The molecule has 0 aromatic heterocycles. The number of nitrogens with one attached hydrogen (secondary N) is 1. The number of amides is 1. The first-order valence-electron chi connectivity index (χ1n) is 12.4. The van der Waals surface area contributed by atoms with E-state index in [0.717, 1.165) is 30.4 Å². The molecule has 2 aromatic carbocycles. The zero-order chi connectivity index (χ0) is 23.3. The molecule has 6 heteroatoms. The minimum absolute atomic E-state index is 0.0375. The van der Waals surface area contributed by atoms with Gasteiger partial charge in [-0.2, -0.15) is 0 Å². The van der Waals surface area contributed by atoms with Crippen LogP contribution in [0.4, 0.5) is 0 Å². The molecule has 0 unspecified atom stereocenters. The molecular weight excluding hydrogens is 432 g/mol. The van der Waals surface area contributed by atoms with Crippen LogP contribution in [0.15, 0.2) is 48.5 Å². The molecule has 0 bridgehead atoms. The van der Waals surface area contributed by atoms with Gasteiger partial charge in [0.15, 0.2) is 0 Å². The summed E-state index contributed by atoms with van der Waals surface area (Å²) in [5.74, 6) is 0.0795. The molecule has 1 N–H and O–H groups in total. The molecule has 2 aliphatic rings. The summed E-state index contributed by atoms with van der Waals surface area (Å²) in [6, 6.07) is 16.6. The Labute approximate surface area is 198 Å². The molecular formula is C27H36N2O3S. The number of rotatable bonds is 8. The standard InChI is InChI=1S/C27H36N2O3S/c1-21(25-14-13-23-11-5-6-12-26(23)20-25)28-27(30)24-15-17-29(18-16-24)33(31,32)19-7-10-22-8-3-2-4-9-22/h2-4,8-9,13-14,20-21,24H,5-7,10-12,15-19H2,1H3,(H,28,30)/t21-/m1/s1. The maximum Gasteiger partial charge on any atom is 0.223 e. The van der Waals surface area contributed by atoms with Crippen molar-refractivity contribution in [2.75, 3.05) is 18.8 Å². The topological polar surface area (TPSA) is 66.5 Å². The molecule has 1 aliphatic carbocycles. The number of hydrogen-bond donors (Lipinski definition) is 1. The van der Waals surface area contributed by atoms with Crippen LogP contribution in [-0.2, 0) is 34.1 Å². The number of hydrogen-bond acceptors (Lipinski definition) is 3. The summed E-state index contributed by atoms with van der Waals surface area (Å²) in [5.41, 5.74) is 5.19. The van der Waals surface area contributed by atoms with Crippen molar-refractivity contribution in [3.05, 3.63) is 70.8 Å². The summed E-state index contributed by atoms with van der Waals surface area (Å²) in [5, 5.41) is 3.17. The Morgan fingerprint density at radius 3 is 2.45 bits per heavy atom. The van der Waals surface area contributed by atoms with Gasteiger partial charge < -0.3 is 5.32 Å². The molecule has 4 rings (SSSR count). The third kappa shape index (κ3) is 6.24. The lowest BCUT2D eigenvalue weighted by Crippen LogP contribution is -2.44. The van der Waals surface area contributed by atoms with Crippen molar-refractivity contribution in [3.8, 4) is 0 Å². The van der Waals surface area contributed by atoms with Gasteiger partial charge >= 0.3 is 0 Å². The average molecular weight is 469 g/mol. The second-order valence-corrected chi connectivity index (χ2v) is 11.6. The summed E-state index contributed by atoms with van der Waals surface area (Å²) >= 11 is 0. The third-order valence-electron chi connectivity index (χ3n) is 7.16. The fourth-order valence-corrected chi connectivity index (χ4v) is 6.60. The van der Waals surface area contributed by atoms with Crippen molar-refractivity contribution < 1.29 is 13.2 Å². The van der Waals surface area contributed by atoms with Gasteiger partial charge in [0.2, 0.25) is 15.9 Å². The van der Waals surface area contributed by atoms with E-state index >= 15 is 0 Å². The minimum Gasteiger partial charge on any atom is -0.349 e. The van der Waals surface area contributed by atoms with E-state index in [9.17, 15) is 13.2 Å². The monoisotopic (exact) mass is 468 g/mol. The molecule has 0 radical (unpaired) electrons. The van der Waals surface area contributed by atoms with E-state index in [1.807, 2.05) is 37.3 Å². The summed E-state index contributed by atoms with van der Waals surface area (Å²) in [6.45, 7) is 2.90. The molecule has 1 aliphatic heterocycles. The smallest absolute Gasteiger partial charge is 0.223 e. The number of sulfonamides is 1. The summed E-state index contributed by atoms with van der Waals surface area (Å²) in [4.78, 5) is 12.9. The molecule has 1 fully saturated rings. The fourth-order valence-electron chi connectivity index (χ4n) is 5.07. The highest BCUT2D eigenvalue weighted by Gasteiger charge is 2.31. The third-order valence-corrected chi connectivity index (χ3v) is 9.12.